The molecule has 0 bridgehead atoms. The van der Waals surface area contributed by atoms with E-state index in [1.54, 1.807) is 0 Å². The second kappa shape index (κ2) is 25.0. The third kappa shape index (κ3) is 14.6. The second-order valence-electron chi connectivity index (χ2n) is 19.0. The maximum atomic E-state index is 7.46. The van der Waals surface area contributed by atoms with Crippen LogP contribution in [0.15, 0.2) is 121 Å². The zero-order valence-corrected chi connectivity index (χ0v) is 40.8. The standard InChI is InChI=1S/C54H76O9Si/c1-9-10-11-12-13-26-35-55-52-50(58-38-44-31-22-16-23-32-44)48(46(40(2)60-52)56-36-42-27-18-14-19-28-42)62-53-51(59-39-45-33-24-17-25-34-45)49(63-64(7,8)54(4,5)6)47(41(3)61-53)57-37-43-29-20-15-21-30-43/h14-25,27-34,40-41,46-53H,9-13,26,35-39H2,1-8H3/t40-,41-,46+,47+,48+,49+,50-,51-,52-,53-/m0/s1. The van der Waals surface area contributed by atoms with Crippen LogP contribution in [0.3, 0.4) is 0 Å². The van der Waals surface area contributed by atoms with Gasteiger partial charge in [-0.1, -0.05) is 181 Å². The van der Waals surface area contributed by atoms with Gasteiger partial charge in [-0.05, 0) is 60.7 Å². The van der Waals surface area contributed by atoms with Crippen molar-refractivity contribution in [3.8, 4) is 0 Å². The number of hydrogen-bond donors (Lipinski definition) is 0. The predicted molar refractivity (Wildman–Crippen MR) is 255 cm³/mol. The van der Waals surface area contributed by atoms with Gasteiger partial charge >= 0.3 is 0 Å². The molecule has 350 valence electrons. The summed E-state index contributed by atoms with van der Waals surface area (Å²) in [6.07, 6.45) is 0.818. The molecule has 4 aromatic carbocycles. The lowest BCUT2D eigenvalue weighted by molar-refractivity contribution is -0.369. The molecular formula is C54H76O9Si. The summed E-state index contributed by atoms with van der Waals surface area (Å²) in [5, 5.41) is -0.0949. The Morgan fingerprint density at radius 2 is 0.828 bits per heavy atom. The molecule has 0 N–H and O–H groups in total. The van der Waals surface area contributed by atoms with E-state index in [0.29, 0.717) is 33.0 Å². The Morgan fingerprint density at radius 3 is 1.27 bits per heavy atom. The van der Waals surface area contributed by atoms with Gasteiger partial charge < -0.3 is 42.3 Å². The third-order valence-electron chi connectivity index (χ3n) is 12.9. The molecule has 2 aliphatic rings. The SMILES string of the molecule is CCCCCCCCO[C@H]1O[C@@H](C)[C@@H](OCc2ccccc2)[C@@H](O[C@@H]2O[C@@H](C)[C@@H](OCc3ccccc3)[C@@H](O[Si](C)(C)C(C)(C)C)[C@@H]2OCc2ccccc2)[C@@H]1OCc1ccccc1. The summed E-state index contributed by atoms with van der Waals surface area (Å²) in [6, 6.07) is 40.8. The summed E-state index contributed by atoms with van der Waals surface area (Å²) in [5.41, 5.74) is 4.18. The van der Waals surface area contributed by atoms with Crippen LogP contribution >= 0.6 is 0 Å². The summed E-state index contributed by atoms with van der Waals surface area (Å²) < 4.78 is 63.1. The molecular weight excluding hydrogens is 821 g/mol. The monoisotopic (exact) mass is 897 g/mol. The maximum Gasteiger partial charge on any atom is 0.192 e. The topological polar surface area (TPSA) is 83.1 Å². The molecule has 6 rings (SSSR count). The van der Waals surface area contributed by atoms with Crippen LogP contribution in [-0.4, -0.2) is 76.3 Å². The minimum atomic E-state index is -2.44. The Hall–Kier alpha value is -3.26. The minimum Gasteiger partial charge on any atom is -0.408 e. The van der Waals surface area contributed by atoms with Crippen molar-refractivity contribution in [2.75, 3.05) is 6.61 Å². The van der Waals surface area contributed by atoms with Crippen molar-refractivity contribution in [1.29, 1.82) is 0 Å². The Balaban J connectivity index is 1.37. The highest BCUT2D eigenvalue weighted by atomic mass is 28.4. The van der Waals surface area contributed by atoms with E-state index in [1.807, 2.05) is 86.6 Å². The first-order valence-corrected chi connectivity index (χ1v) is 26.7. The van der Waals surface area contributed by atoms with E-state index in [-0.39, 0.29) is 5.04 Å². The van der Waals surface area contributed by atoms with E-state index in [2.05, 4.69) is 89.3 Å². The molecule has 0 aromatic heterocycles. The molecule has 2 saturated heterocycles. The fourth-order valence-electron chi connectivity index (χ4n) is 8.11. The van der Waals surface area contributed by atoms with Gasteiger partial charge in [0.15, 0.2) is 20.9 Å². The van der Waals surface area contributed by atoms with Crippen molar-refractivity contribution in [3.05, 3.63) is 144 Å². The molecule has 10 atom stereocenters. The molecule has 0 unspecified atom stereocenters. The van der Waals surface area contributed by atoms with Crippen LogP contribution in [-0.2, 0) is 68.7 Å². The molecule has 0 radical (unpaired) electrons. The highest BCUT2D eigenvalue weighted by Gasteiger charge is 2.55. The lowest BCUT2D eigenvalue weighted by atomic mass is 9.96. The fraction of sp³-hybridized carbons (Fsp3) is 0.556. The van der Waals surface area contributed by atoms with E-state index < -0.39 is 69.7 Å². The zero-order chi connectivity index (χ0) is 45.4. The fourth-order valence-corrected chi connectivity index (χ4v) is 9.41. The predicted octanol–water partition coefficient (Wildman–Crippen LogP) is 12.0. The highest BCUT2D eigenvalue weighted by Crippen LogP contribution is 2.42. The molecule has 4 aromatic rings. The Kier molecular flexibility index (Phi) is 19.6. The lowest BCUT2D eigenvalue weighted by Gasteiger charge is -2.51. The summed E-state index contributed by atoms with van der Waals surface area (Å²) in [6.45, 7) is 19.6. The molecule has 2 aliphatic heterocycles. The van der Waals surface area contributed by atoms with Gasteiger partial charge in [0.05, 0.1) is 38.6 Å². The van der Waals surface area contributed by atoms with Crippen LogP contribution in [0, 0.1) is 0 Å². The quantitative estimate of drug-likeness (QED) is 0.0504. The van der Waals surface area contributed by atoms with E-state index in [0.717, 1.165) is 35.1 Å². The van der Waals surface area contributed by atoms with Crippen molar-refractivity contribution in [2.45, 2.75) is 186 Å². The van der Waals surface area contributed by atoms with Crippen LogP contribution in [0.4, 0.5) is 0 Å². The van der Waals surface area contributed by atoms with Crippen LogP contribution in [0.5, 0.6) is 0 Å². The van der Waals surface area contributed by atoms with Gasteiger partial charge in [-0.25, -0.2) is 0 Å². The van der Waals surface area contributed by atoms with Crippen molar-refractivity contribution in [1.82, 2.24) is 0 Å². The first-order chi connectivity index (χ1) is 30.9. The summed E-state index contributed by atoms with van der Waals surface area (Å²) >= 11 is 0. The summed E-state index contributed by atoms with van der Waals surface area (Å²) in [7, 11) is -2.44. The van der Waals surface area contributed by atoms with E-state index >= 15 is 0 Å². The maximum absolute atomic E-state index is 7.46. The molecule has 9 nitrogen and oxygen atoms in total. The molecule has 0 spiro atoms. The molecule has 0 amide bonds. The number of rotatable bonds is 24. The average molecular weight is 897 g/mol. The van der Waals surface area contributed by atoms with Gasteiger partial charge in [-0.15, -0.1) is 0 Å². The van der Waals surface area contributed by atoms with Crippen molar-refractivity contribution >= 4 is 8.32 Å². The number of hydrogen-bond acceptors (Lipinski definition) is 9. The van der Waals surface area contributed by atoms with Crippen LogP contribution in [0.25, 0.3) is 0 Å². The van der Waals surface area contributed by atoms with Crippen molar-refractivity contribution in [2.24, 2.45) is 0 Å². The van der Waals surface area contributed by atoms with Crippen molar-refractivity contribution < 1.29 is 42.3 Å². The number of benzene rings is 4. The Labute approximate surface area is 385 Å². The summed E-state index contributed by atoms with van der Waals surface area (Å²) in [4.78, 5) is 0. The van der Waals surface area contributed by atoms with Crippen LogP contribution in [0.1, 0.15) is 102 Å². The van der Waals surface area contributed by atoms with Crippen molar-refractivity contribution in [3.63, 3.8) is 0 Å². The van der Waals surface area contributed by atoms with Gasteiger partial charge in [0, 0.05) is 6.61 Å². The van der Waals surface area contributed by atoms with Gasteiger partial charge in [0.2, 0.25) is 0 Å². The molecule has 0 aliphatic carbocycles. The second-order valence-corrected chi connectivity index (χ2v) is 23.8. The first-order valence-electron chi connectivity index (χ1n) is 23.8. The van der Waals surface area contributed by atoms with Crippen LogP contribution in [0.2, 0.25) is 18.1 Å². The van der Waals surface area contributed by atoms with E-state index in [1.165, 1.54) is 25.7 Å². The molecule has 64 heavy (non-hydrogen) atoms. The lowest BCUT2D eigenvalue weighted by Crippen LogP contribution is -2.66. The van der Waals surface area contributed by atoms with E-state index in [9.17, 15) is 0 Å². The highest BCUT2D eigenvalue weighted by molar-refractivity contribution is 6.74. The Morgan fingerprint density at radius 1 is 0.453 bits per heavy atom. The largest absolute Gasteiger partial charge is 0.408 e. The van der Waals surface area contributed by atoms with Gasteiger partial charge in [-0.3, -0.25) is 0 Å². The molecule has 2 fully saturated rings. The van der Waals surface area contributed by atoms with Crippen LogP contribution < -0.4 is 0 Å². The number of ether oxygens (including phenoxy) is 8. The van der Waals surface area contributed by atoms with Gasteiger partial charge in [0.25, 0.3) is 0 Å². The summed E-state index contributed by atoms with van der Waals surface area (Å²) in [5.74, 6) is 0. The van der Waals surface area contributed by atoms with E-state index in [4.69, 9.17) is 42.3 Å². The Bertz CT molecular complexity index is 1860. The molecule has 10 heteroatoms. The normalized spacial score (nSPS) is 26.5. The third-order valence-corrected chi connectivity index (χ3v) is 17.4. The number of unbranched alkanes of at least 4 members (excludes halogenated alkanes) is 5. The smallest absolute Gasteiger partial charge is 0.192 e. The zero-order valence-electron chi connectivity index (χ0n) is 39.8. The first kappa shape index (κ1) is 50.2. The molecule has 0 saturated carbocycles. The minimum absolute atomic E-state index is 0.0949. The van der Waals surface area contributed by atoms with Gasteiger partial charge in [-0.2, -0.15) is 0 Å². The molecule has 2 heterocycles. The average Bonchev–Trinajstić information content (AvgIpc) is 3.29. The van der Waals surface area contributed by atoms with Gasteiger partial charge in [0.1, 0.15) is 36.6 Å².